The van der Waals surface area contributed by atoms with Crippen LogP contribution in [0.1, 0.15) is 59.3 Å². The van der Waals surface area contributed by atoms with Crippen molar-refractivity contribution in [1.29, 1.82) is 0 Å². The van der Waals surface area contributed by atoms with E-state index >= 15 is 0 Å². The molecule has 29 heavy (non-hydrogen) atoms. The number of carbonyl (C=O) groups excluding carboxylic acids is 3. The first kappa shape index (κ1) is 27.2. The maximum atomic E-state index is 12.1. The molecule has 166 valence electrons. The van der Waals surface area contributed by atoms with Crippen molar-refractivity contribution >= 4 is 30.4 Å². The lowest BCUT2D eigenvalue weighted by molar-refractivity contribution is -0.152. The Morgan fingerprint density at radius 2 is 1.90 bits per heavy atom. The fourth-order valence-corrected chi connectivity index (χ4v) is 2.36. The van der Waals surface area contributed by atoms with Gasteiger partial charge in [-0.1, -0.05) is 33.6 Å². The Labute approximate surface area is 179 Å². The van der Waals surface area contributed by atoms with Crippen LogP contribution in [0.15, 0.2) is 17.9 Å². The van der Waals surface area contributed by atoms with Gasteiger partial charge in [0.25, 0.3) is 0 Å². The number of carbonyl (C=O) groups is 3. The minimum Gasteiger partial charge on any atom is -0.465 e. The van der Waals surface area contributed by atoms with Crippen LogP contribution in [0.2, 0.25) is 0 Å². The average Bonchev–Trinajstić information content (AvgIpc) is 2.69. The number of nitrogens with one attached hydrogen (secondary N) is 2. The number of ether oxygens (including phenoxy) is 1. The van der Waals surface area contributed by atoms with Crippen molar-refractivity contribution in [2.24, 2.45) is 5.41 Å². The van der Waals surface area contributed by atoms with Crippen molar-refractivity contribution in [2.75, 3.05) is 25.4 Å². The molecule has 0 saturated heterocycles. The summed E-state index contributed by atoms with van der Waals surface area (Å²) in [7, 11) is 0. The highest BCUT2D eigenvalue weighted by Gasteiger charge is 2.34. The van der Waals surface area contributed by atoms with Crippen LogP contribution in [0.5, 0.6) is 0 Å². The lowest BCUT2D eigenvalue weighted by atomic mass is 9.87. The van der Waals surface area contributed by atoms with Gasteiger partial charge in [0.1, 0.15) is 6.10 Å². The van der Waals surface area contributed by atoms with Gasteiger partial charge >= 0.3 is 5.97 Å². The number of hydrogen-bond donors (Lipinski definition) is 4. The van der Waals surface area contributed by atoms with E-state index in [1.807, 2.05) is 6.08 Å². The molecule has 7 nitrogen and oxygen atoms in total. The Morgan fingerprint density at radius 1 is 1.17 bits per heavy atom. The summed E-state index contributed by atoms with van der Waals surface area (Å²) in [5.74, 6) is -0.715. The summed E-state index contributed by atoms with van der Waals surface area (Å²) in [6.07, 6.45) is 6.72. The fourth-order valence-electron chi connectivity index (χ4n) is 2.24. The van der Waals surface area contributed by atoms with Crippen LogP contribution in [0.25, 0.3) is 0 Å². The highest BCUT2D eigenvalue weighted by molar-refractivity contribution is 7.80. The van der Waals surface area contributed by atoms with Crippen molar-refractivity contribution < 1.29 is 24.2 Å². The van der Waals surface area contributed by atoms with Gasteiger partial charge < -0.3 is 20.5 Å². The number of hydrogen-bond acceptors (Lipinski definition) is 6. The summed E-state index contributed by atoms with van der Waals surface area (Å²) in [6, 6.07) is 0. The number of unbranched alkanes of at least 4 members (excludes halogenated alkanes) is 3. The van der Waals surface area contributed by atoms with Gasteiger partial charge in [-0.3, -0.25) is 14.4 Å². The minimum absolute atomic E-state index is 0.0873. The molecule has 0 saturated carbocycles. The molecule has 8 heteroatoms. The highest BCUT2D eigenvalue weighted by atomic mass is 32.1. The summed E-state index contributed by atoms with van der Waals surface area (Å²) in [6.45, 7) is 5.88. The molecule has 1 atom stereocenters. The van der Waals surface area contributed by atoms with Crippen molar-refractivity contribution in [3.63, 3.8) is 0 Å². The first-order valence-corrected chi connectivity index (χ1v) is 10.8. The summed E-state index contributed by atoms with van der Waals surface area (Å²) in [5.41, 5.74) is 1.99. The number of thiol groups is 1. The second-order valence-corrected chi connectivity index (χ2v) is 7.89. The van der Waals surface area contributed by atoms with Gasteiger partial charge in [-0.25, -0.2) is 0 Å². The summed E-state index contributed by atoms with van der Waals surface area (Å²) < 4.78 is 5.17. The second kappa shape index (κ2) is 16.1. The quantitative estimate of drug-likeness (QED) is 0.138. The van der Waals surface area contributed by atoms with Gasteiger partial charge in [0.2, 0.25) is 11.8 Å². The Balaban J connectivity index is 4.23. The Morgan fingerprint density at radius 3 is 2.55 bits per heavy atom. The minimum atomic E-state index is -1.37. The first-order chi connectivity index (χ1) is 13.7. The van der Waals surface area contributed by atoms with E-state index in [4.69, 9.17) is 4.74 Å². The number of aliphatic hydroxyl groups excluding tert-OH is 1. The molecule has 0 aliphatic carbocycles. The van der Waals surface area contributed by atoms with E-state index in [-0.39, 0.29) is 31.9 Å². The van der Waals surface area contributed by atoms with Crippen LogP contribution in [0, 0.1) is 5.41 Å². The van der Waals surface area contributed by atoms with E-state index in [0.717, 1.165) is 19.3 Å². The summed E-state index contributed by atoms with van der Waals surface area (Å²) in [5, 5.41) is 15.4. The van der Waals surface area contributed by atoms with Crippen LogP contribution in [-0.2, 0) is 19.1 Å². The largest absolute Gasteiger partial charge is 0.465 e. The normalized spacial score (nSPS) is 11.8. The molecule has 0 aromatic carbocycles. The van der Waals surface area contributed by atoms with Gasteiger partial charge in [-0.2, -0.15) is 12.6 Å². The van der Waals surface area contributed by atoms with Gasteiger partial charge in [-0.15, -0.1) is 5.73 Å². The van der Waals surface area contributed by atoms with Crippen LogP contribution < -0.4 is 10.6 Å². The van der Waals surface area contributed by atoms with Gasteiger partial charge in [0, 0.05) is 30.7 Å². The van der Waals surface area contributed by atoms with Crippen LogP contribution in [0.4, 0.5) is 0 Å². The maximum Gasteiger partial charge on any atom is 0.310 e. The van der Waals surface area contributed by atoms with Gasteiger partial charge in [-0.05, 0) is 25.0 Å². The molecule has 0 rings (SSSR count). The van der Waals surface area contributed by atoms with Crippen LogP contribution >= 0.6 is 12.6 Å². The molecule has 3 N–H and O–H groups in total. The van der Waals surface area contributed by atoms with Crippen molar-refractivity contribution in [3.05, 3.63) is 17.9 Å². The van der Waals surface area contributed by atoms with Crippen LogP contribution in [0.3, 0.4) is 0 Å². The van der Waals surface area contributed by atoms with Crippen molar-refractivity contribution in [3.8, 4) is 0 Å². The summed E-state index contributed by atoms with van der Waals surface area (Å²) in [4.78, 5) is 35.4. The topological polar surface area (TPSA) is 105 Å². The molecule has 0 radical (unpaired) electrons. The van der Waals surface area contributed by atoms with E-state index in [0.29, 0.717) is 12.3 Å². The van der Waals surface area contributed by atoms with Gasteiger partial charge in [0.05, 0.1) is 13.0 Å². The third-order valence-corrected chi connectivity index (χ3v) is 4.36. The molecular weight excluding hydrogens is 392 g/mol. The van der Waals surface area contributed by atoms with Crippen molar-refractivity contribution in [1.82, 2.24) is 10.6 Å². The second-order valence-electron chi connectivity index (χ2n) is 7.44. The van der Waals surface area contributed by atoms with E-state index in [9.17, 15) is 19.5 Å². The molecule has 0 aromatic heterocycles. The molecular formula is C21H36N2O5S. The first-order valence-electron chi connectivity index (χ1n) is 10.1. The fraction of sp³-hybridized carbons (Fsp3) is 0.714. The lowest BCUT2D eigenvalue weighted by Gasteiger charge is -2.28. The van der Waals surface area contributed by atoms with Gasteiger partial charge in [0.15, 0.2) is 0 Å². The molecule has 0 bridgehead atoms. The molecule has 0 unspecified atom stereocenters. The molecule has 0 aliphatic rings. The third kappa shape index (κ3) is 14.0. The third-order valence-electron chi connectivity index (χ3n) is 4.14. The number of aliphatic hydroxyl groups is 1. The SMILES string of the molecule is CCCCCC=C=CCC(=O)OCC(C)(C)[C@H](O)C(=O)NCCC(=O)NCCS. The number of rotatable bonds is 15. The molecule has 0 heterocycles. The van der Waals surface area contributed by atoms with E-state index in [1.165, 1.54) is 6.42 Å². The lowest BCUT2D eigenvalue weighted by Crippen LogP contribution is -2.47. The zero-order chi connectivity index (χ0) is 22.1. The highest BCUT2D eigenvalue weighted by Crippen LogP contribution is 2.21. The Kier molecular flexibility index (Phi) is 15.1. The Bertz CT molecular complexity index is 571. The summed E-state index contributed by atoms with van der Waals surface area (Å²) >= 11 is 3.99. The van der Waals surface area contributed by atoms with E-state index in [2.05, 4.69) is 35.9 Å². The van der Waals surface area contributed by atoms with E-state index < -0.39 is 23.4 Å². The zero-order valence-corrected chi connectivity index (χ0v) is 18.7. The average molecular weight is 429 g/mol. The molecule has 0 aromatic rings. The van der Waals surface area contributed by atoms with Crippen LogP contribution in [-0.4, -0.2) is 54.4 Å². The zero-order valence-electron chi connectivity index (χ0n) is 17.8. The predicted octanol–water partition coefficient (Wildman–Crippen LogP) is 2.15. The smallest absolute Gasteiger partial charge is 0.310 e. The Hall–Kier alpha value is -1.76. The standard InChI is InChI=1S/C21H36N2O5S/c1-4-5-6-7-8-9-10-11-18(25)28-16-21(2,3)19(26)20(27)23-13-12-17(24)22-14-15-29/h8,10,19,26,29H,4-7,11-16H2,1-3H3,(H,22,24)(H,23,27)/t9?,19-/m1/s1. The predicted molar refractivity (Wildman–Crippen MR) is 117 cm³/mol. The number of esters is 1. The molecule has 0 aliphatic heterocycles. The van der Waals surface area contributed by atoms with E-state index in [1.54, 1.807) is 19.9 Å². The molecule has 2 amide bonds. The molecule has 0 spiro atoms. The van der Waals surface area contributed by atoms with Crippen molar-refractivity contribution in [2.45, 2.75) is 65.4 Å². The maximum absolute atomic E-state index is 12.1. The monoisotopic (exact) mass is 428 g/mol. The number of amides is 2. The molecule has 0 fully saturated rings.